The Morgan fingerprint density at radius 3 is 2.78 bits per heavy atom. The van der Waals surface area contributed by atoms with Crippen molar-refractivity contribution in [3.05, 3.63) is 51.6 Å². The lowest BCUT2D eigenvalue weighted by atomic mass is 10.0. The maximum Gasteiger partial charge on any atom is 0.274 e. The number of ether oxygens (including phenoxy) is 1. The molecule has 1 aromatic heterocycles. The van der Waals surface area contributed by atoms with E-state index >= 15 is 0 Å². The molecule has 0 atom stereocenters. The Labute approximate surface area is 191 Å². The van der Waals surface area contributed by atoms with Gasteiger partial charge in [0.2, 0.25) is 5.91 Å². The molecule has 7 nitrogen and oxygen atoms in total. The van der Waals surface area contributed by atoms with Crippen molar-refractivity contribution in [1.82, 2.24) is 20.0 Å². The number of hydrogen-bond donors (Lipinski definition) is 1. The third-order valence-corrected chi connectivity index (χ3v) is 6.65. The minimum absolute atomic E-state index is 0.00237. The van der Waals surface area contributed by atoms with E-state index < -0.39 is 5.82 Å². The van der Waals surface area contributed by atoms with Crippen LogP contribution in [0.2, 0.25) is 5.02 Å². The van der Waals surface area contributed by atoms with Crippen molar-refractivity contribution >= 4 is 23.4 Å². The highest BCUT2D eigenvalue weighted by molar-refractivity contribution is 6.30. The largest absolute Gasteiger partial charge is 0.376 e. The zero-order valence-corrected chi connectivity index (χ0v) is 19.3. The van der Waals surface area contributed by atoms with Gasteiger partial charge in [0, 0.05) is 37.8 Å². The number of nitrogens with zero attached hydrogens (tertiary/aromatic N) is 3. The van der Waals surface area contributed by atoms with Crippen LogP contribution in [0.15, 0.2) is 18.2 Å². The molecule has 1 aliphatic carbocycles. The molecule has 2 aromatic rings. The van der Waals surface area contributed by atoms with Crippen LogP contribution in [0.1, 0.15) is 54.0 Å². The number of rotatable bonds is 7. The molecule has 0 saturated heterocycles. The molecule has 2 amide bonds. The fourth-order valence-electron chi connectivity index (χ4n) is 4.04. The lowest BCUT2D eigenvalue weighted by Gasteiger charge is -2.30. The van der Waals surface area contributed by atoms with Crippen LogP contribution in [0.4, 0.5) is 4.39 Å². The molecule has 0 unspecified atom stereocenters. The highest BCUT2D eigenvalue weighted by Gasteiger charge is 2.50. The average molecular weight is 463 g/mol. The summed E-state index contributed by atoms with van der Waals surface area (Å²) in [5, 5.41) is 7.28. The van der Waals surface area contributed by atoms with E-state index in [0.717, 1.165) is 24.1 Å². The van der Waals surface area contributed by atoms with E-state index in [2.05, 4.69) is 10.2 Å². The van der Waals surface area contributed by atoms with E-state index in [9.17, 15) is 14.0 Å². The smallest absolute Gasteiger partial charge is 0.274 e. The van der Waals surface area contributed by atoms with E-state index in [1.165, 1.54) is 12.1 Å². The zero-order chi connectivity index (χ0) is 23.0. The Morgan fingerprint density at radius 2 is 2.12 bits per heavy atom. The van der Waals surface area contributed by atoms with Crippen molar-refractivity contribution in [2.45, 2.75) is 57.7 Å². The fraction of sp³-hybridized carbons (Fsp3) is 0.522. The molecule has 0 bridgehead atoms. The number of aromatic nitrogens is 2. The van der Waals surface area contributed by atoms with Crippen molar-refractivity contribution in [3.8, 4) is 0 Å². The molecular weight excluding hydrogens is 435 g/mol. The first kappa shape index (κ1) is 22.7. The van der Waals surface area contributed by atoms with Gasteiger partial charge in [0.15, 0.2) is 5.69 Å². The molecule has 1 fully saturated rings. The summed E-state index contributed by atoms with van der Waals surface area (Å²) in [4.78, 5) is 29.6. The third-order valence-electron chi connectivity index (χ3n) is 6.36. The molecule has 0 spiro atoms. The molecule has 1 aromatic carbocycles. The van der Waals surface area contributed by atoms with E-state index in [1.54, 1.807) is 22.9 Å². The van der Waals surface area contributed by atoms with E-state index in [4.69, 9.17) is 16.3 Å². The second-order valence-electron chi connectivity index (χ2n) is 8.97. The van der Waals surface area contributed by atoms with Gasteiger partial charge in [0.25, 0.3) is 5.91 Å². The number of benzene rings is 1. The highest BCUT2D eigenvalue weighted by Crippen LogP contribution is 2.42. The van der Waals surface area contributed by atoms with Crippen LogP contribution in [-0.2, 0) is 28.9 Å². The molecule has 4 rings (SSSR count). The zero-order valence-electron chi connectivity index (χ0n) is 18.6. The van der Waals surface area contributed by atoms with Crippen LogP contribution in [0, 0.1) is 5.82 Å². The monoisotopic (exact) mass is 462 g/mol. The number of amides is 2. The SMILES string of the molecule is CC(C)OCC1(N(C)C(=O)c2n[nH]c3c2CN(C(=O)Cc2ccc(F)c(Cl)c2)CC3)CC1. The second kappa shape index (κ2) is 8.83. The topological polar surface area (TPSA) is 78.5 Å². The Balaban J connectivity index is 1.46. The van der Waals surface area contributed by atoms with Gasteiger partial charge in [-0.05, 0) is 44.4 Å². The number of likely N-dealkylation sites (N-methyl/N-ethyl adjacent to an activating group) is 1. The maximum atomic E-state index is 13.4. The van der Waals surface area contributed by atoms with Crippen LogP contribution >= 0.6 is 11.6 Å². The average Bonchev–Trinajstić information content (AvgIpc) is 3.45. The van der Waals surface area contributed by atoms with Gasteiger partial charge in [-0.1, -0.05) is 17.7 Å². The van der Waals surface area contributed by atoms with Gasteiger partial charge in [0.05, 0.1) is 29.7 Å². The maximum absolute atomic E-state index is 13.4. The van der Waals surface area contributed by atoms with E-state index in [-0.39, 0.29) is 34.9 Å². The van der Waals surface area contributed by atoms with Gasteiger partial charge >= 0.3 is 0 Å². The van der Waals surface area contributed by atoms with Crippen molar-refractivity contribution in [1.29, 1.82) is 0 Å². The summed E-state index contributed by atoms with van der Waals surface area (Å²) in [6.07, 6.45) is 2.62. The number of hydrogen-bond acceptors (Lipinski definition) is 4. The number of fused-ring (bicyclic) bond motifs is 1. The third kappa shape index (κ3) is 4.52. The van der Waals surface area contributed by atoms with E-state index in [1.807, 2.05) is 13.8 Å². The molecule has 0 radical (unpaired) electrons. The summed E-state index contributed by atoms with van der Waals surface area (Å²) in [5.74, 6) is -0.773. The van der Waals surface area contributed by atoms with Gasteiger partial charge in [-0.2, -0.15) is 5.10 Å². The Bertz CT molecular complexity index is 1030. The summed E-state index contributed by atoms with van der Waals surface area (Å²) in [6.45, 7) is 5.30. The Hall–Kier alpha value is -2.45. The summed E-state index contributed by atoms with van der Waals surface area (Å²) in [6, 6.07) is 4.30. The van der Waals surface area contributed by atoms with Gasteiger partial charge < -0.3 is 14.5 Å². The normalized spacial score (nSPS) is 16.8. The van der Waals surface area contributed by atoms with Crippen LogP contribution in [0.3, 0.4) is 0 Å². The first-order valence-corrected chi connectivity index (χ1v) is 11.3. The second-order valence-corrected chi connectivity index (χ2v) is 9.38. The summed E-state index contributed by atoms with van der Waals surface area (Å²) in [7, 11) is 1.80. The summed E-state index contributed by atoms with van der Waals surface area (Å²) < 4.78 is 19.2. The van der Waals surface area contributed by atoms with Gasteiger partial charge in [-0.25, -0.2) is 4.39 Å². The number of carbonyl (C=O) groups excluding carboxylic acids is 2. The van der Waals surface area contributed by atoms with E-state index in [0.29, 0.717) is 37.4 Å². The van der Waals surface area contributed by atoms with Crippen LogP contribution < -0.4 is 0 Å². The number of H-pyrrole nitrogens is 1. The van der Waals surface area contributed by atoms with Gasteiger partial charge in [0.1, 0.15) is 5.82 Å². The van der Waals surface area contributed by atoms with Gasteiger partial charge in [-0.3, -0.25) is 14.7 Å². The van der Waals surface area contributed by atoms with Crippen molar-refractivity contribution in [3.63, 3.8) is 0 Å². The molecule has 1 aliphatic heterocycles. The molecule has 2 aliphatic rings. The molecule has 2 heterocycles. The van der Waals surface area contributed by atoms with Gasteiger partial charge in [-0.15, -0.1) is 0 Å². The first-order valence-electron chi connectivity index (χ1n) is 10.9. The Kier molecular flexibility index (Phi) is 6.27. The Morgan fingerprint density at radius 1 is 1.38 bits per heavy atom. The summed E-state index contributed by atoms with van der Waals surface area (Å²) >= 11 is 5.84. The minimum Gasteiger partial charge on any atom is -0.376 e. The quantitative estimate of drug-likeness (QED) is 0.684. The molecule has 1 saturated carbocycles. The van der Waals surface area contributed by atoms with Crippen LogP contribution in [0.5, 0.6) is 0 Å². The highest BCUT2D eigenvalue weighted by atomic mass is 35.5. The van der Waals surface area contributed by atoms with Crippen LogP contribution in [-0.4, -0.2) is 63.7 Å². The lowest BCUT2D eigenvalue weighted by molar-refractivity contribution is -0.131. The number of carbonyl (C=O) groups is 2. The molecule has 172 valence electrons. The molecule has 1 N–H and O–H groups in total. The molecule has 9 heteroatoms. The lowest BCUT2D eigenvalue weighted by Crippen LogP contribution is -2.44. The molecule has 32 heavy (non-hydrogen) atoms. The minimum atomic E-state index is -0.511. The number of aromatic amines is 1. The first-order chi connectivity index (χ1) is 15.2. The number of nitrogens with one attached hydrogen (secondary N) is 1. The van der Waals surface area contributed by atoms with Crippen molar-refractivity contribution in [2.75, 3.05) is 20.2 Å². The standard InChI is InChI=1S/C23H28ClFN4O3/c1-14(2)32-13-23(7-8-23)28(3)22(31)21-16-12-29(9-6-19(16)26-27-21)20(30)11-15-4-5-18(25)17(24)10-15/h4-5,10,14H,6-9,11-13H2,1-3H3,(H,26,27). The van der Waals surface area contributed by atoms with Crippen molar-refractivity contribution < 1.29 is 18.7 Å². The van der Waals surface area contributed by atoms with Crippen molar-refractivity contribution in [2.24, 2.45) is 0 Å². The summed E-state index contributed by atoms with van der Waals surface area (Å²) in [5.41, 5.74) is 2.38. The predicted octanol–water partition coefficient (Wildman–Crippen LogP) is 3.36. The number of halogens is 2. The fourth-order valence-corrected chi connectivity index (χ4v) is 4.24. The molecular formula is C23H28ClFN4O3. The van der Waals surface area contributed by atoms with Crippen LogP contribution in [0.25, 0.3) is 0 Å². The predicted molar refractivity (Wildman–Crippen MR) is 118 cm³/mol.